The van der Waals surface area contributed by atoms with Crippen LogP contribution >= 0.6 is 0 Å². The molecule has 0 unspecified atom stereocenters. The molecule has 0 aliphatic carbocycles. The molecule has 3 nitrogen and oxygen atoms in total. The summed E-state index contributed by atoms with van der Waals surface area (Å²) in [6.45, 7) is 6.73. The molecule has 0 bridgehead atoms. The number of carbonyl (C=O) groups excluding carboxylic acids is 1. The summed E-state index contributed by atoms with van der Waals surface area (Å²) in [4.78, 5) is 11.6. The van der Waals surface area contributed by atoms with Crippen LogP contribution < -0.4 is 10.1 Å². The van der Waals surface area contributed by atoms with Crippen LogP contribution in [0.2, 0.25) is 0 Å². The van der Waals surface area contributed by atoms with Gasteiger partial charge in [0, 0.05) is 6.42 Å². The lowest BCUT2D eigenvalue weighted by atomic mass is 10.2. The maximum Gasteiger partial charge on any atom is 0.224 e. The molecule has 0 aliphatic heterocycles. The molecule has 0 saturated carbocycles. The number of nitrogens with one attached hydrogen (secondary N) is 1. The highest BCUT2D eigenvalue weighted by Crippen LogP contribution is 2.26. The molecule has 0 aromatic heterocycles. The highest BCUT2D eigenvalue weighted by Gasteiger charge is 2.07. The number of hydrogen-bond donors (Lipinski definition) is 1. The van der Waals surface area contributed by atoms with E-state index in [2.05, 4.69) is 12.2 Å². The van der Waals surface area contributed by atoms with Crippen LogP contribution in [0.4, 0.5) is 5.69 Å². The summed E-state index contributed by atoms with van der Waals surface area (Å²) < 4.78 is 5.63. The Bertz CT molecular complexity index is 374. The highest BCUT2D eigenvalue weighted by atomic mass is 16.5. The van der Waals surface area contributed by atoms with Gasteiger partial charge in [-0.3, -0.25) is 4.79 Å². The van der Waals surface area contributed by atoms with Crippen molar-refractivity contribution < 1.29 is 9.53 Å². The van der Waals surface area contributed by atoms with Gasteiger partial charge in [-0.1, -0.05) is 19.9 Å². The fourth-order valence-corrected chi connectivity index (χ4v) is 1.50. The predicted molar refractivity (Wildman–Crippen MR) is 70.5 cm³/mol. The van der Waals surface area contributed by atoms with Gasteiger partial charge in [0.2, 0.25) is 5.91 Å². The molecule has 1 aromatic carbocycles. The minimum absolute atomic E-state index is 0.0395. The lowest BCUT2D eigenvalue weighted by Gasteiger charge is -2.12. The summed E-state index contributed by atoms with van der Waals surface area (Å²) in [6.07, 6.45) is 2.35. The van der Waals surface area contributed by atoms with E-state index in [-0.39, 0.29) is 5.91 Å². The maximum absolute atomic E-state index is 11.6. The molecule has 1 N–H and O–H groups in total. The van der Waals surface area contributed by atoms with E-state index in [9.17, 15) is 4.79 Å². The molecule has 17 heavy (non-hydrogen) atoms. The molecule has 0 spiro atoms. The summed E-state index contributed by atoms with van der Waals surface area (Å²) in [6, 6.07) is 5.82. The van der Waals surface area contributed by atoms with Crippen LogP contribution in [0, 0.1) is 6.92 Å². The second kappa shape index (κ2) is 6.94. The molecule has 3 heteroatoms. The zero-order valence-corrected chi connectivity index (χ0v) is 10.9. The Morgan fingerprint density at radius 3 is 2.71 bits per heavy atom. The molecule has 94 valence electrons. The van der Waals surface area contributed by atoms with E-state index >= 15 is 0 Å². The van der Waals surface area contributed by atoms with Gasteiger partial charge >= 0.3 is 0 Å². The molecular weight excluding hydrogens is 214 g/mol. The second-order valence-electron chi connectivity index (χ2n) is 4.15. The quantitative estimate of drug-likeness (QED) is 0.819. The van der Waals surface area contributed by atoms with Gasteiger partial charge in [0.1, 0.15) is 5.75 Å². The van der Waals surface area contributed by atoms with Crippen LogP contribution in [-0.2, 0) is 4.79 Å². The van der Waals surface area contributed by atoms with Crippen molar-refractivity contribution in [1.29, 1.82) is 0 Å². The highest BCUT2D eigenvalue weighted by molar-refractivity contribution is 5.92. The monoisotopic (exact) mass is 235 g/mol. The van der Waals surface area contributed by atoms with Gasteiger partial charge in [0.15, 0.2) is 0 Å². The van der Waals surface area contributed by atoms with Crippen molar-refractivity contribution in [3.63, 3.8) is 0 Å². The van der Waals surface area contributed by atoms with E-state index in [1.807, 2.05) is 32.0 Å². The fourth-order valence-electron chi connectivity index (χ4n) is 1.50. The molecule has 0 heterocycles. The summed E-state index contributed by atoms with van der Waals surface area (Å²) in [5, 5.41) is 2.88. The Hall–Kier alpha value is -1.51. The van der Waals surface area contributed by atoms with E-state index < -0.39 is 0 Å². The van der Waals surface area contributed by atoms with Crippen LogP contribution in [0.3, 0.4) is 0 Å². The summed E-state index contributed by atoms with van der Waals surface area (Å²) >= 11 is 0. The minimum atomic E-state index is 0.0395. The third kappa shape index (κ3) is 4.47. The molecule has 0 aliphatic rings. The van der Waals surface area contributed by atoms with Crippen LogP contribution in [0.15, 0.2) is 18.2 Å². The van der Waals surface area contributed by atoms with Crippen LogP contribution in [-0.4, -0.2) is 12.5 Å². The third-order valence-corrected chi connectivity index (χ3v) is 2.35. The van der Waals surface area contributed by atoms with Gasteiger partial charge < -0.3 is 10.1 Å². The molecule has 1 amide bonds. The van der Waals surface area contributed by atoms with Crippen LogP contribution in [0.25, 0.3) is 0 Å². The summed E-state index contributed by atoms with van der Waals surface area (Å²) in [5.74, 6) is 0.800. The molecule has 1 rings (SSSR count). The van der Waals surface area contributed by atoms with E-state index in [1.54, 1.807) is 0 Å². The summed E-state index contributed by atoms with van der Waals surface area (Å²) in [5.41, 5.74) is 1.90. The zero-order valence-electron chi connectivity index (χ0n) is 10.9. The molecule has 0 fully saturated rings. The number of rotatable bonds is 6. The van der Waals surface area contributed by atoms with Crippen molar-refractivity contribution in [2.24, 2.45) is 0 Å². The standard InChI is InChI=1S/C14H21NO2/c1-4-6-14(16)15-12-8-7-11(3)10-13(12)17-9-5-2/h7-8,10H,4-6,9H2,1-3H3,(H,15,16). The number of ether oxygens (including phenoxy) is 1. The first-order valence-corrected chi connectivity index (χ1v) is 6.20. The molecule has 1 aromatic rings. The largest absolute Gasteiger partial charge is 0.491 e. The smallest absolute Gasteiger partial charge is 0.224 e. The first kappa shape index (κ1) is 13.6. The third-order valence-electron chi connectivity index (χ3n) is 2.35. The molecule has 0 radical (unpaired) electrons. The molecule has 0 saturated heterocycles. The Morgan fingerprint density at radius 1 is 1.29 bits per heavy atom. The molecule has 0 atom stereocenters. The first-order chi connectivity index (χ1) is 8.17. The van der Waals surface area contributed by atoms with Crippen LogP contribution in [0.5, 0.6) is 5.75 Å². The SMILES string of the molecule is CCCOc1cc(C)ccc1NC(=O)CCC. The lowest BCUT2D eigenvalue weighted by Crippen LogP contribution is -2.12. The van der Waals surface area contributed by atoms with Gasteiger partial charge in [-0.25, -0.2) is 0 Å². The van der Waals surface area contributed by atoms with Gasteiger partial charge in [0.05, 0.1) is 12.3 Å². The lowest BCUT2D eigenvalue weighted by molar-refractivity contribution is -0.116. The fraction of sp³-hybridized carbons (Fsp3) is 0.500. The number of amides is 1. The van der Waals surface area contributed by atoms with Crippen molar-refractivity contribution >= 4 is 11.6 Å². The van der Waals surface area contributed by atoms with E-state index in [0.29, 0.717) is 13.0 Å². The van der Waals surface area contributed by atoms with Gasteiger partial charge in [0.25, 0.3) is 0 Å². The van der Waals surface area contributed by atoms with Crippen molar-refractivity contribution in [1.82, 2.24) is 0 Å². The Balaban J connectivity index is 2.78. The average Bonchev–Trinajstić information content (AvgIpc) is 2.30. The predicted octanol–water partition coefficient (Wildman–Crippen LogP) is 3.52. The number of hydrogen-bond acceptors (Lipinski definition) is 2. The normalized spacial score (nSPS) is 10.1. The van der Waals surface area contributed by atoms with Crippen molar-refractivity contribution in [2.75, 3.05) is 11.9 Å². The van der Waals surface area contributed by atoms with Crippen molar-refractivity contribution in [3.8, 4) is 5.75 Å². The number of benzene rings is 1. The second-order valence-corrected chi connectivity index (χ2v) is 4.15. The Morgan fingerprint density at radius 2 is 2.06 bits per heavy atom. The topological polar surface area (TPSA) is 38.3 Å². The average molecular weight is 235 g/mol. The number of anilines is 1. The summed E-state index contributed by atoms with van der Waals surface area (Å²) in [7, 11) is 0. The van der Waals surface area contributed by atoms with E-state index in [1.165, 1.54) is 0 Å². The number of aryl methyl sites for hydroxylation is 1. The first-order valence-electron chi connectivity index (χ1n) is 6.20. The zero-order chi connectivity index (χ0) is 12.7. The van der Waals surface area contributed by atoms with Gasteiger partial charge in [-0.2, -0.15) is 0 Å². The van der Waals surface area contributed by atoms with E-state index in [0.717, 1.165) is 29.8 Å². The molecular formula is C14H21NO2. The van der Waals surface area contributed by atoms with Crippen molar-refractivity contribution in [2.45, 2.75) is 40.0 Å². The van der Waals surface area contributed by atoms with Gasteiger partial charge in [-0.05, 0) is 37.5 Å². The van der Waals surface area contributed by atoms with Crippen molar-refractivity contribution in [3.05, 3.63) is 23.8 Å². The Labute approximate surface area is 103 Å². The van der Waals surface area contributed by atoms with Crippen LogP contribution in [0.1, 0.15) is 38.7 Å². The maximum atomic E-state index is 11.6. The van der Waals surface area contributed by atoms with Gasteiger partial charge in [-0.15, -0.1) is 0 Å². The van der Waals surface area contributed by atoms with E-state index in [4.69, 9.17) is 4.74 Å². The number of carbonyl (C=O) groups is 1. The minimum Gasteiger partial charge on any atom is -0.491 e. The Kier molecular flexibility index (Phi) is 5.53.